The number of anilines is 2. The molecule has 128 valence electrons. The second-order valence-electron chi connectivity index (χ2n) is 5.74. The number of carbonyl (C=O) groups is 1. The summed E-state index contributed by atoms with van der Waals surface area (Å²) in [5.41, 5.74) is 2.22. The fourth-order valence-electron chi connectivity index (χ4n) is 2.50. The van der Waals surface area contributed by atoms with E-state index in [0.29, 0.717) is 18.2 Å². The maximum Gasteiger partial charge on any atom is 0.270 e. The summed E-state index contributed by atoms with van der Waals surface area (Å²) in [4.78, 5) is 23.3. The van der Waals surface area contributed by atoms with Crippen molar-refractivity contribution in [1.82, 2.24) is 15.3 Å². The lowest BCUT2D eigenvalue weighted by molar-refractivity contribution is 0.0947. The van der Waals surface area contributed by atoms with Gasteiger partial charge in [0.15, 0.2) is 0 Å². The predicted octanol–water partition coefficient (Wildman–Crippen LogP) is 3.86. The van der Waals surface area contributed by atoms with Gasteiger partial charge in [-0.3, -0.25) is 4.79 Å². The molecule has 0 spiro atoms. The molecule has 24 heavy (non-hydrogen) atoms. The van der Waals surface area contributed by atoms with Crippen molar-refractivity contribution in [1.29, 1.82) is 0 Å². The SMILES string of the molecule is CCCCCNC(=O)c1cc(C)nc(N(CC)c2ccccc2)n1. The lowest BCUT2D eigenvalue weighted by atomic mass is 10.2. The van der Waals surface area contributed by atoms with Crippen LogP contribution in [0.25, 0.3) is 0 Å². The molecule has 5 heteroatoms. The summed E-state index contributed by atoms with van der Waals surface area (Å²) in [6.45, 7) is 7.48. The summed E-state index contributed by atoms with van der Waals surface area (Å²) in [5.74, 6) is 0.421. The van der Waals surface area contributed by atoms with Crippen molar-refractivity contribution >= 4 is 17.5 Å². The van der Waals surface area contributed by atoms with Crippen molar-refractivity contribution in [3.63, 3.8) is 0 Å². The first kappa shape index (κ1) is 17.9. The molecule has 5 nitrogen and oxygen atoms in total. The van der Waals surface area contributed by atoms with Crippen LogP contribution in [0, 0.1) is 6.92 Å². The Morgan fingerprint density at radius 3 is 2.54 bits per heavy atom. The molecule has 1 N–H and O–H groups in total. The number of para-hydroxylation sites is 1. The third-order valence-electron chi connectivity index (χ3n) is 3.77. The molecule has 0 atom stereocenters. The fourth-order valence-corrected chi connectivity index (χ4v) is 2.50. The third-order valence-corrected chi connectivity index (χ3v) is 3.77. The number of benzene rings is 1. The molecule has 0 saturated heterocycles. The normalized spacial score (nSPS) is 10.5. The van der Waals surface area contributed by atoms with Gasteiger partial charge in [-0.05, 0) is 38.5 Å². The lowest BCUT2D eigenvalue weighted by Gasteiger charge is -2.21. The molecule has 1 heterocycles. The van der Waals surface area contributed by atoms with Crippen LogP contribution in [0.5, 0.6) is 0 Å². The highest BCUT2D eigenvalue weighted by Gasteiger charge is 2.15. The average Bonchev–Trinajstić information content (AvgIpc) is 2.60. The van der Waals surface area contributed by atoms with Gasteiger partial charge in [-0.1, -0.05) is 38.0 Å². The van der Waals surface area contributed by atoms with Gasteiger partial charge >= 0.3 is 0 Å². The van der Waals surface area contributed by atoms with Gasteiger partial charge in [-0.25, -0.2) is 9.97 Å². The molecule has 0 aliphatic rings. The molecule has 2 aromatic rings. The lowest BCUT2D eigenvalue weighted by Crippen LogP contribution is -2.27. The maximum absolute atomic E-state index is 12.3. The van der Waals surface area contributed by atoms with Gasteiger partial charge in [-0.15, -0.1) is 0 Å². The van der Waals surface area contributed by atoms with Crippen LogP contribution in [-0.2, 0) is 0 Å². The number of nitrogens with zero attached hydrogens (tertiary/aromatic N) is 3. The van der Waals surface area contributed by atoms with E-state index in [1.54, 1.807) is 6.07 Å². The zero-order valence-corrected chi connectivity index (χ0v) is 14.7. The first-order valence-electron chi connectivity index (χ1n) is 8.62. The van der Waals surface area contributed by atoms with E-state index >= 15 is 0 Å². The van der Waals surface area contributed by atoms with Gasteiger partial charge < -0.3 is 10.2 Å². The van der Waals surface area contributed by atoms with Crippen LogP contribution in [-0.4, -0.2) is 29.0 Å². The van der Waals surface area contributed by atoms with Gasteiger partial charge in [0.2, 0.25) is 5.95 Å². The quantitative estimate of drug-likeness (QED) is 0.748. The minimum atomic E-state index is -0.137. The van der Waals surface area contributed by atoms with Crippen molar-refractivity contribution in [2.75, 3.05) is 18.0 Å². The number of aromatic nitrogens is 2. The van der Waals surface area contributed by atoms with Crippen LogP contribution in [0.1, 0.15) is 49.3 Å². The van der Waals surface area contributed by atoms with Crippen molar-refractivity contribution in [2.45, 2.75) is 40.0 Å². The molecule has 0 aliphatic carbocycles. The van der Waals surface area contributed by atoms with Gasteiger partial charge in [0.25, 0.3) is 5.91 Å². The second-order valence-corrected chi connectivity index (χ2v) is 5.74. The van der Waals surface area contributed by atoms with Gasteiger partial charge in [0, 0.05) is 24.5 Å². The number of rotatable bonds is 8. The molecule has 0 unspecified atom stereocenters. The van der Waals surface area contributed by atoms with Gasteiger partial charge in [-0.2, -0.15) is 0 Å². The Labute approximate surface area is 144 Å². The number of nitrogens with one attached hydrogen (secondary N) is 1. The molecule has 2 rings (SSSR count). The zero-order chi connectivity index (χ0) is 17.4. The number of carbonyl (C=O) groups excluding carboxylic acids is 1. The van der Waals surface area contributed by atoms with E-state index in [9.17, 15) is 4.79 Å². The Hall–Kier alpha value is -2.43. The van der Waals surface area contributed by atoms with E-state index in [1.165, 1.54) is 0 Å². The Bertz CT molecular complexity index is 658. The second kappa shape index (κ2) is 9.01. The Morgan fingerprint density at radius 1 is 1.12 bits per heavy atom. The van der Waals surface area contributed by atoms with Crippen LogP contribution in [0.2, 0.25) is 0 Å². The largest absolute Gasteiger partial charge is 0.351 e. The molecule has 1 amide bonds. The number of aryl methyl sites for hydroxylation is 1. The molecule has 1 aromatic heterocycles. The summed E-state index contributed by atoms with van der Waals surface area (Å²) in [6.07, 6.45) is 3.24. The fraction of sp³-hybridized carbons (Fsp3) is 0.421. The van der Waals surface area contributed by atoms with Crippen LogP contribution < -0.4 is 10.2 Å². The van der Waals surface area contributed by atoms with Crippen LogP contribution in [0.15, 0.2) is 36.4 Å². The van der Waals surface area contributed by atoms with E-state index in [4.69, 9.17) is 0 Å². The molecule has 0 fully saturated rings. The molecular formula is C19H26N4O. The molecule has 0 aliphatic heterocycles. The molecule has 0 saturated carbocycles. The highest BCUT2D eigenvalue weighted by atomic mass is 16.1. The molecule has 1 aromatic carbocycles. The standard InChI is InChI=1S/C19H26N4O/c1-4-6-10-13-20-18(24)17-14-15(3)21-19(22-17)23(5-2)16-11-8-7-9-12-16/h7-9,11-12,14H,4-6,10,13H2,1-3H3,(H,20,24). The predicted molar refractivity (Wildman–Crippen MR) is 97.7 cm³/mol. The third kappa shape index (κ3) is 4.78. The van der Waals surface area contributed by atoms with E-state index in [1.807, 2.05) is 49.1 Å². The monoisotopic (exact) mass is 326 g/mol. The zero-order valence-electron chi connectivity index (χ0n) is 14.7. The Balaban J connectivity index is 2.19. The Kier molecular flexibility index (Phi) is 6.73. The van der Waals surface area contributed by atoms with Crippen LogP contribution >= 0.6 is 0 Å². The number of hydrogen-bond donors (Lipinski definition) is 1. The molecular weight excluding hydrogens is 300 g/mol. The molecule has 0 bridgehead atoms. The van der Waals surface area contributed by atoms with E-state index < -0.39 is 0 Å². The first-order chi connectivity index (χ1) is 11.7. The number of amides is 1. The van der Waals surface area contributed by atoms with Crippen LogP contribution in [0.3, 0.4) is 0 Å². The van der Waals surface area contributed by atoms with Crippen molar-refractivity contribution in [3.8, 4) is 0 Å². The first-order valence-corrected chi connectivity index (χ1v) is 8.62. The summed E-state index contributed by atoms with van der Waals surface area (Å²) < 4.78 is 0. The average molecular weight is 326 g/mol. The smallest absolute Gasteiger partial charge is 0.270 e. The van der Waals surface area contributed by atoms with E-state index in [0.717, 1.165) is 37.2 Å². The Morgan fingerprint density at radius 2 is 1.88 bits per heavy atom. The summed E-state index contributed by atoms with van der Waals surface area (Å²) in [6, 6.07) is 11.7. The highest BCUT2D eigenvalue weighted by molar-refractivity contribution is 5.92. The topological polar surface area (TPSA) is 58.1 Å². The van der Waals surface area contributed by atoms with Crippen molar-refractivity contribution < 1.29 is 4.79 Å². The number of unbranched alkanes of at least 4 members (excludes halogenated alkanes) is 2. The highest BCUT2D eigenvalue weighted by Crippen LogP contribution is 2.21. The minimum Gasteiger partial charge on any atom is -0.351 e. The van der Waals surface area contributed by atoms with Gasteiger partial charge in [0.1, 0.15) is 5.69 Å². The molecule has 0 radical (unpaired) electrons. The summed E-state index contributed by atoms with van der Waals surface area (Å²) >= 11 is 0. The van der Waals surface area contributed by atoms with Gasteiger partial charge in [0.05, 0.1) is 0 Å². The van der Waals surface area contributed by atoms with E-state index in [2.05, 4.69) is 22.2 Å². The maximum atomic E-state index is 12.3. The summed E-state index contributed by atoms with van der Waals surface area (Å²) in [7, 11) is 0. The number of hydrogen-bond acceptors (Lipinski definition) is 4. The van der Waals surface area contributed by atoms with E-state index in [-0.39, 0.29) is 5.91 Å². The van der Waals surface area contributed by atoms with Crippen molar-refractivity contribution in [2.24, 2.45) is 0 Å². The summed E-state index contributed by atoms with van der Waals surface area (Å²) in [5, 5.41) is 2.94. The van der Waals surface area contributed by atoms with Crippen LogP contribution in [0.4, 0.5) is 11.6 Å². The van der Waals surface area contributed by atoms with Crippen molar-refractivity contribution in [3.05, 3.63) is 47.8 Å². The minimum absolute atomic E-state index is 0.137.